The first kappa shape index (κ1) is 21.0. The predicted molar refractivity (Wildman–Crippen MR) is 118 cm³/mol. The molecule has 0 atom stereocenters. The molecule has 0 saturated heterocycles. The summed E-state index contributed by atoms with van der Waals surface area (Å²) >= 11 is 0. The molecule has 1 heterocycles. The Hall–Kier alpha value is -3.67. The van der Waals surface area contributed by atoms with E-state index in [1.165, 1.54) is 10.6 Å². The fourth-order valence-electron chi connectivity index (χ4n) is 3.08. The molecule has 3 aromatic rings. The van der Waals surface area contributed by atoms with Crippen LogP contribution < -0.4 is 16.2 Å². The van der Waals surface area contributed by atoms with Gasteiger partial charge >= 0.3 is 0 Å². The van der Waals surface area contributed by atoms with E-state index in [1.807, 2.05) is 44.2 Å². The second-order valence-corrected chi connectivity index (χ2v) is 7.39. The molecule has 0 unspecified atom stereocenters. The summed E-state index contributed by atoms with van der Waals surface area (Å²) in [7, 11) is 0. The van der Waals surface area contributed by atoms with E-state index in [0.717, 1.165) is 11.1 Å². The summed E-state index contributed by atoms with van der Waals surface area (Å²) in [5.74, 6) is -0.516. The van der Waals surface area contributed by atoms with Crippen LogP contribution in [0.2, 0.25) is 0 Å². The van der Waals surface area contributed by atoms with Crippen molar-refractivity contribution < 1.29 is 9.59 Å². The zero-order chi connectivity index (χ0) is 21.5. The Labute approximate surface area is 175 Å². The minimum Gasteiger partial charge on any atom is -0.354 e. The fraction of sp³-hybridized carbons (Fsp3) is 0.208. The van der Waals surface area contributed by atoms with Crippen LogP contribution >= 0.6 is 0 Å². The van der Waals surface area contributed by atoms with Crippen LogP contribution in [0.3, 0.4) is 0 Å². The lowest BCUT2D eigenvalue weighted by molar-refractivity contribution is -0.120. The maximum atomic E-state index is 12.7. The van der Waals surface area contributed by atoms with E-state index in [2.05, 4.69) is 10.6 Å². The zero-order valence-electron chi connectivity index (χ0n) is 17.1. The van der Waals surface area contributed by atoms with Gasteiger partial charge in [-0.15, -0.1) is 0 Å². The first-order chi connectivity index (χ1) is 14.4. The molecule has 154 valence electrons. The van der Waals surface area contributed by atoms with Crippen LogP contribution in [-0.2, 0) is 17.8 Å². The molecule has 30 heavy (non-hydrogen) atoms. The molecule has 0 bridgehead atoms. The molecule has 0 aliphatic rings. The van der Waals surface area contributed by atoms with Gasteiger partial charge in [-0.25, -0.2) is 0 Å². The standard InChI is InChI=1S/C24H25N3O3/c1-17(2)25-22(28)15-18-10-12-20(13-11-18)26-23(29)21-9-6-14-27(24(21)30)16-19-7-4-3-5-8-19/h3-14,17H,15-16H2,1-2H3,(H,25,28)(H,26,29). The molecule has 0 radical (unpaired) electrons. The van der Waals surface area contributed by atoms with Gasteiger partial charge in [0, 0.05) is 17.9 Å². The first-order valence-electron chi connectivity index (χ1n) is 9.85. The van der Waals surface area contributed by atoms with Crippen LogP contribution in [0.15, 0.2) is 77.7 Å². The fourth-order valence-corrected chi connectivity index (χ4v) is 3.08. The number of benzene rings is 2. The van der Waals surface area contributed by atoms with E-state index >= 15 is 0 Å². The minimum atomic E-state index is -0.465. The van der Waals surface area contributed by atoms with Gasteiger partial charge in [0.05, 0.1) is 13.0 Å². The van der Waals surface area contributed by atoms with Crippen LogP contribution in [0.1, 0.15) is 35.3 Å². The van der Waals surface area contributed by atoms with Crippen molar-refractivity contribution in [1.82, 2.24) is 9.88 Å². The molecule has 0 fully saturated rings. The number of hydrogen-bond donors (Lipinski definition) is 2. The number of nitrogens with zero attached hydrogens (tertiary/aromatic N) is 1. The largest absolute Gasteiger partial charge is 0.354 e. The highest BCUT2D eigenvalue weighted by atomic mass is 16.2. The van der Waals surface area contributed by atoms with Crippen LogP contribution in [0.4, 0.5) is 5.69 Å². The van der Waals surface area contributed by atoms with Gasteiger partial charge in [0.1, 0.15) is 5.56 Å². The molecule has 2 amide bonds. The van der Waals surface area contributed by atoms with Gasteiger partial charge in [-0.2, -0.15) is 0 Å². The highest BCUT2D eigenvalue weighted by Gasteiger charge is 2.13. The summed E-state index contributed by atoms with van der Waals surface area (Å²) in [5, 5.41) is 5.59. The van der Waals surface area contributed by atoms with Gasteiger partial charge in [0.15, 0.2) is 0 Å². The van der Waals surface area contributed by atoms with Crippen LogP contribution in [0.5, 0.6) is 0 Å². The predicted octanol–water partition coefficient (Wildman–Crippen LogP) is 3.22. The van der Waals surface area contributed by atoms with Crippen molar-refractivity contribution in [3.05, 3.63) is 100.0 Å². The lowest BCUT2D eigenvalue weighted by Crippen LogP contribution is -2.31. The van der Waals surface area contributed by atoms with E-state index in [-0.39, 0.29) is 29.5 Å². The van der Waals surface area contributed by atoms with Crippen LogP contribution in [0.25, 0.3) is 0 Å². The SMILES string of the molecule is CC(C)NC(=O)Cc1ccc(NC(=O)c2cccn(Cc3ccccc3)c2=O)cc1. The number of anilines is 1. The number of carbonyl (C=O) groups is 2. The number of pyridine rings is 1. The summed E-state index contributed by atoms with van der Waals surface area (Å²) in [6, 6.07) is 19.9. The number of carbonyl (C=O) groups excluding carboxylic acids is 2. The molecule has 6 heteroatoms. The molecule has 0 spiro atoms. The number of hydrogen-bond acceptors (Lipinski definition) is 3. The van der Waals surface area contributed by atoms with Crippen molar-refractivity contribution in [3.8, 4) is 0 Å². The average Bonchev–Trinajstić information content (AvgIpc) is 2.71. The molecule has 0 aliphatic carbocycles. The Morgan fingerprint density at radius 1 is 0.900 bits per heavy atom. The highest BCUT2D eigenvalue weighted by Crippen LogP contribution is 2.11. The van der Waals surface area contributed by atoms with Gasteiger partial charge < -0.3 is 15.2 Å². The number of aromatic nitrogens is 1. The Morgan fingerprint density at radius 3 is 2.27 bits per heavy atom. The van der Waals surface area contributed by atoms with Crippen LogP contribution in [0, 0.1) is 0 Å². The lowest BCUT2D eigenvalue weighted by Gasteiger charge is -2.10. The summed E-state index contributed by atoms with van der Waals surface area (Å²) in [5.41, 5.74) is 2.12. The molecule has 0 saturated carbocycles. The van der Waals surface area contributed by atoms with Crippen molar-refractivity contribution in [2.75, 3.05) is 5.32 Å². The molecule has 0 aliphatic heterocycles. The monoisotopic (exact) mass is 403 g/mol. The Kier molecular flexibility index (Phi) is 6.80. The minimum absolute atomic E-state index is 0.0509. The van der Waals surface area contributed by atoms with Gasteiger partial charge in [-0.3, -0.25) is 14.4 Å². The van der Waals surface area contributed by atoms with E-state index in [4.69, 9.17) is 0 Å². The van der Waals surface area contributed by atoms with Gasteiger partial charge in [-0.05, 0) is 49.2 Å². The average molecular weight is 403 g/mol. The maximum Gasteiger partial charge on any atom is 0.263 e. The third-order valence-electron chi connectivity index (χ3n) is 4.49. The summed E-state index contributed by atoms with van der Waals surface area (Å²) < 4.78 is 1.51. The lowest BCUT2D eigenvalue weighted by atomic mass is 10.1. The Balaban J connectivity index is 1.68. The normalized spacial score (nSPS) is 10.6. The topological polar surface area (TPSA) is 80.2 Å². The van der Waals surface area contributed by atoms with Gasteiger partial charge in [0.25, 0.3) is 11.5 Å². The maximum absolute atomic E-state index is 12.7. The second kappa shape index (κ2) is 9.69. The van der Waals surface area contributed by atoms with Crippen molar-refractivity contribution in [2.45, 2.75) is 32.9 Å². The zero-order valence-corrected chi connectivity index (χ0v) is 17.1. The van der Waals surface area contributed by atoms with Crippen molar-refractivity contribution in [3.63, 3.8) is 0 Å². The van der Waals surface area contributed by atoms with Crippen LogP contribution in [-0.4, -0.2) is 22.4 Å². The van der Waals surface area contributed by atoms with Crippen molar-refractivity contribution in [2.24, 2.45) is 0 Å². The smallest absolute Gasteiger partial charge is 0.263 e. The van der Waals surface area contributed by atoms with E-state index in [9.17, 15) is 14.4 Å². The molecular formula is C24H25N3O3. The third kappa shape index (κ3) is 5.67. The van der Waals surface area contributed by atoms with Gasteiger partial charge in [-0.1, -0.05) is 42.5 Å². The molecular weight excluding hydrogens is 378 g/mol. The molecule has 3 rings (SSSR count). The van der Waals surface area contributed by atoms with E-state index in [0.29, 0.717) is 12.2 Å². The van der Waals surface area contributed by atoms with Crippen molar-refractivity contribution in [1.29, 1.82) is 0 Å². The molecule has 1 aromatic heterocycles. The summed E-state index contributed by atoms with van der Waals surface area (Å²) in [6.45, 7) is 4.22. The van der Waals surface area contributed by atoms with Gasteiger partial charge in [0.2, 0.25) is 5.91 Å². The first-order valence-corrected chi connectivity index (χ1v) is 9.85. The van der Waals surface area contributed by atoms with Crippen molar-refractivity contribution >= 4 is 17.5 Å². The number of amides is 2. The second-order valence-electron chi connectivity index (χ2n) is 7.39. The summed E-state index contributed by atoms with van der Waals surface area (Å²) in [4.78, 5) is 37.2. The number of nitrogens with one attached hydrogen (secondary N) is 2. The quantitative estimate of drug-likeness (QED) is 0.636. The third-order valence-corrected chi connectivity index (χ3v) is 4.49. The number of rotatable bonds is 7. The van der Waals surface area contributed by atoms with E-state index < -0.39 is 5.91 Å². The Morgan fingerprint density at radius 2 is 1.60 bits per heavy atom. The molecule has 2 N–H and O–H groups in total. The Bertz CT molecular complexity index is 1070. The molecule has 2 aromatic carbocycles. The highest BCUT2D eigenvalue weighted by molar-refractivity contribution is 6.04. The van der Waals surface area contributed by atoms with E-state index in [1.54, 1.807) is 36.5 Å². The summed E-state index contributed by atoms with van der Waals surface area (Å²) in [6.07, 6.45) is 1.94. The molecule has 6 nitrogen and oxygen atoms in total.